The molecule has 66 valence electrons. The molecule has 0 aromatic heterocycles. The van der Waals surface area contributed by atoms with Crippen molar-refractivity contribution in [2.45, 2.75) is 47.0 Å². The van der Waals surface area contributed by atoms with E-state index in [4.69, 9.17) is 0 Å². The standard InChI is InChI=1S/C11H22/c1-5-11(6-2)9-7-8-10(3)4/h7,9-11H,5-6,8H2,1-4H3/b9-7+. The van der Waals surface area contributed by atoms with Gasteiger partial charge < -0.3 is 0 Å². The predicted octanol–water partition coefficient (Wildman–Crippen LogP) is 4.02. The summed E-state index contributed by atoms with van der Waals surface area (Å²) in [6.07, 6.45) is 8.51. The molecule has 0 rings (SSSR count). The van der Waals surface area contributed by atoms with E-state index in [1.54, 1.807) is 0 Å². The van der Waals surface area contributed by atoms with E-state index < -0.39 is 0 Å². The highest BCUT2D eigenvalue weighted by atomic mass is 14.0. The van der Waals surface area contributed by atoms with E-state index in [0.29, 0.717) is 0 Å². The monoisotopic (exact) mass is 154 g/mol. The molecule has 0 bridgehead atoms. The van der Waals surface area contributed by atoms with Crippen LogP contribution in [-0.2, 0) is 0 Å². The van der Waals surface area contributed by atoms with Crippen LogP contribution in [0.4, 0.5) is 0 Å². The van der Waals surface area contributed by atoms with Gasteiger partial charge in [0, 0.05) is 0 Å². The molecule has 0 fully saturated rings. The molecule has 0 amide bonds. The Hall–Kier alpha value is -0.260. The first-order valence-electron chi connectivity index (χ1n) is 4.87. The van der Waals surface area contributed by atoms with E-state index in [2.05, 4.69) is 39.8 Å². The molecule has 0 nitrogen and oxygen atoms in total. The number of hydrogen-bond acceptors (Lipinski definition) is 0. The van der Waals surface area contributed by atoms with Gasteiger partial charge >= 0.3 is 0 Å². The third-order valence-electron chi connectivity index (χ3n) is 2.06. The molecule has 0 atom stereocenters. The van der Waals surface area contributed by atoms with Gasteiger partial charge in [-0.3, -0.25) is 0 Å². The zero-order chi connectivity index (χ0) is 8.69. The molecule has 0 spiro atoms. The van der Waals surface area contributed by atoms with Crippen molar-refractivity contribution in [3.63, 3.8) is 0 Å². The topological polar surface area (TPSA) is 0 Å². The minimum absolute atomic E-state index is 0.806. The summed E-state index contributed by atoms with van der Waals surface area (Å²) in [5.41, 5.74) is 0. The summed E-state index contributed by atoms with van der Waals surface area (Å²) in [5, 5.41) is 0. The van der Waals surface area contributed by atoms with Crippen LogP contribution in [0.25, 0.3) is 0 Å². The Morgan fingerprint density at radius 1 is 1.09 bits per heavy atom. The fourth-order valence-corrected chi connectivity index (χ4v) is 1.10. The van der Waals surface area contributed by atoms with Crippen LogP contribution < -0.4 is 0 Å². The van der Waals surface area contributed by atoms with Crippen LogP contribution >= 0.6 is 0 Å². The second kappa shape index (κ2) is 6.45. The molecule has 0 aliphatic rings. The summed E-state index contributed by atoms with van der Waals surface area (Å²) < 4.78 is 0. The molecule has 0 saturated carbocycles. The molecule has 0 aliphatic carbocycles. The van der Waals surface area contributed by atoms with E-state index in [1.165, 1.54) is 19.3 Å². The highest BCUT2D eigenvalue weighted by Gasteiger charge is 1.96. The molecule has 0 aliphatic heterocycles. The first kappa shape index (κ1) is 10.7. The van der Waals surface area contributed by atoms with Gasteiger partial charge in [-0.15, -0.1) is 0 Å². The summed E-state index contributed by atoms with van der Waals surface area (Å²) in [6.45, 7) is 9.04. The Kier molecular flexibility index (Phi) is 6.30. The summed E-state index contributed by atoms with van der Waals surface area (Å²) >= 11 is 0. The van der Waals surface area contributed by atoms with Gasteiger partial charge in [0.2, 0.25) is 0 Å². The number of allylic oxidation sites excluding steroid dienone is 2. The third-order valence-corrected chi connectivity index (χ3v) is 2.06. The number of hydrogen-bond donors (Lipinski definition) is 0. The quantitative estimate of drug-likeness (QED) is 0.524. The van der Waals surface area contributed by atoms with Gasteiger partial charge in [0.05, 0.1) is 0 Å². The van der Waals surface area contributed by atoms with Crippen molar-refractivity contribution in [3.05, 3.63) is 12.2 Å². The van der Waals surface area contributed by atoms with Gasteiger partial charge in [-0.1, -0.05) is 39.8 Å². The lowest BCUT2D eigenvalue weighted by Crippen LogP contribution is -1.91. The minimum Gasteiger partial charge on any atom is -0.0880 e. The number of rotatable bonds is 5. The van der Waals surface area contributed by atoms with Crippen molar-refractivity contribution in [2.24, 2.45) is 11.8 Å². The van der Waals surface area contributed by atoms with Crippen LogP contribution in [0.5, 0.6) is 0 Å². The Bertz CT molecular complexity index is 96.6. The van der Waals surface area contributed by atoms with E-state index in [1.807, 2.05) is 0 Å². The van der Waals surface area contributed by atoms with Crippen LogP contribution in [-0.4, -0.2) is 0 Å². The Morgan fingerprint density at radius 2 is 1.64 bits per heavy atom. The lowest BCUT2D eigenvalue weighted by molar-refractivity contribution is 0.596. The maximum atomic E-state index is 2.38. The van der Waals surface area contributed by atoms with E-state index in [9.17, 15) is 0 Å². The van der Waals surface area contributed by atoms with Crippen molar-refractivity contribution < 1.29 is 0 Å². The van der Waals surface area contributed by atoms with Gasteiger partial charge in [-0.05, 0) is 31.1 Å². The fourth-order valence-electron chi connectivity index (χ4n) is 1.10. The van der Waals surface area contributed by atoms with Gasteiger partial charge in [0.1, 0.15) is 0 Å². The van der Waals surface area contributed by atoms with Crippen molar-refractivity contribution in [3.8, 4) is 0 Å². The summed E-state index contributed by atoms with van der Waals surface area (Å²) in [4.78, 5) is 0. The molecule has 0 saturated heterocycles. The minimum atomic E-state index is 0.806. The van der Waals surface area contributed by atoms with Crippen molar-refractivity contribution in [1.82, 2.24) is 0 Å². The summed E-state index contributed by atoms with van der Waals surface area (Å²) in [7, 11) is 0. The van der Waals surface area contributed by atoms with Crippen molar-refractivity contribution >= 4 is 0 Å². The van der Waals surface area contributed by atoms with Crippen LogP contribution in [0, 0.1) is 11.8 Å². The molecule has 0 unspecified atom stereocenters. The largest absolute Gasteiger partial charge is 0.0880 e. The lowest BCUT2D eigenvalue weighted by Gasteiger charge is -2.05. The smallest absolute Gasteiger partial charge is 0.0239 e. The second-order valence-electron chi connectivity index (χ2n) is 3.63. The highest BCUT2D eigenvalue weighted by molar-refractivity contribution is 4.87. The average molecular weight is 154 g/mol. The molecule has 0 heterocycles. The molecule has 0 aromatic rings. The maximum Gasteiger partial charge on any atom is -0.0239 e. The zero-order valence-corrected chi connectivity index (χ0v) is 8.43. The van der Waals surface area contributed by atoms with Crippen LogP contribution in [0.1, 0.15) is 47.0 Å². The normalized spacial score (nSPS) is 12.2. The average Bonchev–Trinajstić information content (AvgIpc) is 1.98. The fraction of sp³-hybridized carbons (Fsp3) is 0.818. The molecule has 11 heavy (non-hydrogen) atoms. The van der Waals surface area contributed by atoms with Crippen LogP contribution in [0.3, 0.4) is 0 Å². The second-order valence-corrected chi connectivity index (χ2v) is 3.63. The Labute approximate surface area is 71.7 Å². The SMILES string of the molecule is CCC(/C=C/CC(C)C)CC. The summed E-state index contributed by atoms with van der Waals surface area (Å²) in [6, 6.07) is 0. The summed E-state index contributed by atoms with van der Waals surface area (Å²) in [5.74, 6) is 1.62. The van der Waals surface area contributed by atoms with E-state index in [-0.39, 0.29) is 0 Å². The zero-order valence-electron chi connectivity index (χ0n) is 8.43. The third kappa shape index (κ3) is 6.15. The van der Waals surface area contributed by atoms with Gasteiger partial charge in [0.25, 0.3) is 0 Å². The van der Waals surface area contributed by atoms with Gasteiger partial charge in [-0.2, -0.15) is 0 Å². The van der Waals surface area contributed by atoms with Crippen LogP contribution in [0.2, 0.25) is 0 Å². The first-order chi connectivity index (χ1) is 5.20. The molecule has 0 N–H and O–H groups in total. The van der Waals surface area contributed by atoms with E-state index >= 15 is 0 Å². The molecule has 0 heteroatoms. The predicted molar refractivity (Wildman–Crippen MR) is 52.7 cm³/mol. The Balaban J connectivity index is 3.53. The van der Waals surface area contributed by atoms with Crippen molar-refractivity contribution in [2.75, 3.05) is 0 Å². The molecule has 0 radical (unpaired) electrons. The van der Waals surface area contributed by atoms with Crippen molar-refractivity contribution in [1.29, 1.82) is 0 Å². The lowest BCUT2D eigenvalue weighted by atomic mass is 10.0. The van der Waals surface area contributed by atoms with Gasteiger partial charge in [-0.25, -0.2) is 0 Å². The van der Waals surface area contributed by atoms with Crippen LogP contribution in [0.15, 0.2) is 12.2 Å². The van der Waals surface area contributed by atoms with Gasteiger partial charge in [0.15, 0.2) is 0 Å². The van der Waals surface area contributed by atoms with E-state index in [0.717, 1.165) is 11.8 Å². The molecular weight excluding hydrogens is 132 g/mol. The maximum absolute atomic E-state index is 2.38. The molecular formula is C11H22. The molecule has 0 aromatic carbocycles. The first-order valence-corrected chi connectivity index (χ1v) is 4.87. The Morgan fingerprint density at radius 3 is 2.00 bits per heavy atom. The highest BCUT2D eigenvalue weighted by Crippen LogP contribution is 2.10.